The third-order valence-electron chi connectivity index (χ3n) is 2.82. The van der Waals surface area contributed by atoms with E-state index in [1.54, 1.807) is 0 Å². The molecule has 0 radical (unpaired) electrons. The Bertz CT molecular complexity index is 345. The first-order valence-electron chi connectivity index (χ1n) is 5.74. The molecular formula is C14H21NO. The van der Waals surface area contributed by atoms with Crippen molar-refractivity contribution >= 4 is 0 Å². The molecule has 0 saturated heterocycles. The van der Waals surface area contributed by atoms with Crippen LogP contribution < -0.4 is 5.32 Å². The maximum atomic E-state index is 9.91. The Morgan fingerprint density at radius 2 is 1.94 bits per heavy atom. The number of hydrogen-bond donors (Lipinski definition) is 2. The molecule has 0 aromatic heterocycles. The molecule has 0 heterocycles. The summed E-state index contributed by atoms with van der Waals surface area (Å²) in [4.78, 5) is 0. The predicted molar refractivity (Wildman–Crippen MR) is 68.5 cm³/mol. The van der Waals surface area contributed by atoms with Gasteiger partial charge in [0.2, 0.25) is 0 Å². The van der Waals surface area contributed by atoms with Gasteiger partial charge in [0, 0.05) is 6.04 Å². The summed E-state index contributed by atoms with van der Waals surface area (Å²) >= 11 is 0. The summed E-state index contributed by atoms with van der Waals surface area (Å²) in [5.74, 6) is 0.176. The van der Waals surface area contributed by atoms with E-state index in [9.17, 15) is 5.11 Å². The van der Waals surface area contributed by atoms with Crippen LogP contribution in [0.3, 0.4) is 0 Å². The van der Waals surface area contributed by atoms with Gasteiger partial charge in [-0.25, -0.2) is 0 Å². The van der Waals surface area contributed by atoms with Crippen LogP contribution in [0.2, 0.25) is 0 Å². The van der Waals surface area contributed by atoms with Gasteiger partial charge in [-0.1, -0.05) is 43.8 Å². The smallest absolute Gasteiger partial charge is 0.110 e. The summed E-state index contributed by atoms with van der Waals surface area (Å²) in [6.45, 7) is 9.90. The van der Waals surface area contributed by atoms with Gasteiger partial charge in [0.1, 0.15) is 11.3 Å². The van der Waals surface area contributed by atoms with Gasteiger partial charge in [0.25, 0.3) is 0 Å². The molecule has 2 heteroatoms. The van der Waals surface area contributed by atoms with Gasteiger partial charge >= 0.3 is 0 Å². The zero-order valence-corrected chi connectivity index (χ0v) is 10.3. The van der Waals surface area contributed by atoms with Crippen molar-refractivity contribution in [3.05, 3.63) is 48.2 Å². The van der Waals surface area contributed by atoms with Crippen molar-refractivity contribution < 1.29 is 5.11 Å². The second kappa shape index (κ2) is 5.17. The zero-order chi connectivity index (χ0) is 12.2. The Morgan fingerprint density at radius 1 is 1.38 bits per heavy atom. The highest BCUT2D eigenvalue weighted by Gasteiger charge is 2.33. The lowest BCUT2D eigenvalue weighted by molar-refractivity contribution is 0.231. The Balaban J connectivity index is 3.18. The third-order valence-corrected chi connectivity index (χ3v) is 2.82. The fourth-order valence-electron chi connectivity index (χ4n) is 2.06. The molecule has 1 unspecified atom stereocenters. The quantitative estimate of drug-likeness (QED) is 0.744. The molecule has 0 bridgehead atoms. The van der Waals surface area contributed by atoms with Crippen molar-refractivity contribution in [1.29, 1.82) is 0 Å². The molecular weight excluding hydrogens is 198 g/mol. The lowest BCUT2D eigenvalue weighted by Gasteiger charge is -2.35. The van der Waals surface area contributed by atoms with Crippen LogP contribution in [0.1, 0.15) is 32.8 Å². The summed E-state index contributed by atoms with van der Waals surface area (Å²) in [5, 5.41) is 13.3. The fraction of sp³-hybridized carbons (Fsp3) is 0.429. The van der Waals surface area contributed by atoms with E-state index in [-0.39, 0.29) is 11.8 Å². The number of aliphatic hydroxyl groups is 1. The van der Waals surface area contributed by atoms with E-state index >= 15 is 0 Å². The van der Waals surface area contributed by atoms with Crippen molar-refractivity contribution in [2.24, 2.45) is 0 Å². The van der Waals surface area contributed by atoms with Gasteiger partial charge in [-0.05, 0) is 25.8 Å². The van der Waals surface area contributed by atoms with Crippen LogP contribution in [0.25, 0.3) is 0 Å². The number of nitrogens with one attached hydrogen (secondary N) is 1. The molecule has 2 nitrogen and oxygen atoms in total. The molecule has 1 aromatic rings. The van der Waals surface area contributed by atoms with E-state index in [4.69, 9.17) is 0 Å². The second-order valence-corrected chi connectivity index (χ2v) is 4.37. The van der Waals surface area contributed by atoms with Crippen molar-refractivity contribution in [2.75, 3.05) is 0 Å². The highest BCUT2D eigenvalue weighted by atomic mass is 16.3. The molecule has 1 rings (SSSR count). The van der Waals surface area contributed by atoms with E-state index in [0.717, 1.165) is 12.0 Å². The SMILES string of the molecule is C=C(O)C(CC)(NC(C)C)c1ccccc1. The summed E-state index contributed by atoms with van der Waals surface area (Å²) in [6, 6.07) is 10.2. The van der Waals surface area contributed by atoms with Crippen LogP contribution in [0, 0.1) is 0 Å². The molecule has 1 atom stereocenters. The van der Waals surface area contributed by atoms with Crippen molar-refractivity contribution in [1.82, 2.24) is 5.32 Å². The zero-order valence-electron chi connectivity index (χ0n) is 10.3. The lowest BCUT2D eigenvalue weighted by atomic mass is 9.85. The normalized spacial score (nSPS) is 14.8. The second-order valence-electron chi connectivity index (χ2n) is 4.37. The largest absolute Gasteiger partial charge is 0.511 e. The van der Waals surface area contributed by atoms with Gasteiger partial charge in [-0.2, -0.15) is 0 Å². The molecule has 0 aliphatic rings. The van der Waals surface area contributed by atoms with Crippen molar-refractivity contribution in [3.8, 4) is 0 Å². The fourth-order valence-corrected chi connectivity index (χ4v) is 2.06. The van der Waals surface area contributed by atoms with Crippen LogP contribution in [0.15, 0.2) is 42.7 Å². The summed E-state index contributed by atoms with van der Waals surface area (Å²) in [6.07, 6.45) is 0.768. The first-order chi connectivity index (χ1) is 7.53. The number of rotatable bonds is 5. The van der Waals surface area contributed by atoms with Gasteiger partial charge in [-0.3, -0.25) is 5.32 Å². The van der Waals surface area contributed by atoms with Crippen LogP contribution >= 0.6 is 0 Å². The van der Waals surface area contributed by atoms with Crippen molar-refractivity contribution in [2.45, 2.75) is 38.8 Å². The Hall–Kier alpha value is -1.28. The lowest BCUT2D eigenvalue weighted by Crippen LogP contribution is -2.46. The topological polar surface area (TPSA) is 32.3 Å². The molecule has 88 valence electrons. The first kappa shape index (κ1) is 12.8. The van der Waals surface area contributed by atoms with Crippen molar-refractivity contribution in [3.63, 3.8) is 0 Å². The van der Waals surface area contributed by atoms with E-state index in [1.807, 2.05) is 37.3 Å². The minimum atomic E-state index is -0.532. The van der Waals surface area contributed by atoms with Crippen LogP contribution in [0.4, 0.5) is 0 Å². The molecule has 1 aromatic carbocycles. The predicted octanol–water partition coefficient (Wildman–Crippen LogP) is 3.36. The minimum Gasteiger partial charge on any atom is -0.511 e. The minimum absolute atomic E-state index is 0.176. The molecule has 0 aliphatic heterocycles. The average Bonchev–Trinajstić information content (AvgIpc) is 2.26. The van der Waals surface area contributed by atoms with E-state index in [1.165, 1.54) is 0 Å². The summed E-state index contributed by atoms with van der Waals surface area (Å²) < 4.78 is 0. The number of hydrogen-bond acceptors (Lipinski definition) is 2. The molecule has 0 saturated carbocycles. The average molecular weight is 219 g/mol. The third kappa shape index (κ3) is 2.45. The van der Waals surface area contributed by atoms with Gasteiger partial charge in [0.05, 0.1) is 0 Å². The van der Waals surface area contributed by atoms with E-state index in [0.29, 0.717) is 0 Å². The molecule has 0 spiro atoms. The maximum Gasteiger partial charge on any atom is 0.110 e. The molecule has 16 heavy (non-hydrogen) atoms. The van der Waals surface area contributed by atoms with Crippen LogP contribution in [0.5, 0.6) is 0 Å². The highest BCUT2D eigenvalue weighted by molar-refractivity contribution is 5.31. The van der Waals surface area contributed by atoms with E-state index < -0.39 is 5.54 Å². The van der Waals surface area contributed by atoms with Gasteiger partial charge in [0.15, 0.2) is 0 Å². The maximum absolute atomic E-state index is 9.91. The Labute approximate surface area is 98.0 Å². The monoisotopic (exact) mass is 219 g/mol. The summed E-state index contributed by atoms with van der Waals surface area (Å²) in [5.41, 5.74) is 0.522. The van der Waals surface area contributed by atoms with Crippen LogP contribution in [-0.2, 0) is 5.54 Å². The van der Waals surface area contributed by atoms with Gasteiger partial charge < -0.3 is 5.11 Å². The number of aliphatic hydroxyl groups excluding tert-OH is 1. The Kier molecular flexibility index (Phi) is 4.13. The first-order valence-corrected chi connectivity index (χ1v) is 5.74. The number of benzene rings is 1. The highest BCUT2D eigenvalue weighted by Crippen LogP contribution is 2.31. The van der Waals surface area contributed by atoms with E-state index in [2.05, 4.69) is 25.7 Å². The summed E-state index contributed by atoms with van der Waals surface area (Å²) in [7, 11) is 0. The molecule has 2 N–H and O–H groups in total. The standard InChI is InChI=1S/C14H21NO/c1-5-14(12(4)16,15-11(2)3)13-9-7-6-8-10-13/h6-11,15-16H,4-5H2,1-3H3. The molecule has 0 aliphatic carbocycles. The Morgan fingerprint density at radius 3 is 2.31 bits per heavy atom. The molecule has 0 fully saturated rings. The van der Waals surface area contributed by atoms with Crippen LogP contribution in [-0.4, -0.2) is 11.1 Å². The van der Waals surface area contributed by atoms with Gasteiger partial charge in [-0.15, -0.1) is 0 Å². The molecule has 0 amide bonds.